The number of methoxy groups -OCH3 is 1. The van der Waals surface area contributed by atoms with Crippen LogP contribution in [0.5, 0.6) is 5.75 Å². The lowest BCUT2D eigenvalue weighted by atomic mass is 9.95. The van der Waals surface area contributed by atoms with Gasteiger partial charge in [-0.25, -0.2) is 4.79 Å². The number of carboxylic acids is 1. The Kier molecular flexibility index (Phi) is 4.54. The van der Waals surface area contributed by atoms with Crippen molar-refractivity contribution in [3.63, 3.8) is 0 Å². The Labute approximate surface area is 108 Å². The van der Waals surface area contributed by atoms with E-state index in [1.54, 1.807) is 20.1 Å². The van der Waals surface area contributed by atoms with Crippen LogP contribution in [0, 0.1) is 6.92 Å². The van der Waals surface area contributed by atoms with Gasteiger partial charge in [-0.3, -0.25) is 0 Å². The standard InChI is InChI=1S/C15H20O3/c1-9(2)13-8-12(6-11(4)15(16)17)10(3)7-14(13)18-5/h6-9H,1-5H3,(H,16,17)/b11-6+. The SMILES string of the molecule is COc1cc(C)c(/C=C(\C)C(=O)O)cc1C(C)C. The number of carboxylic acid groups (broad SMARTS) is 1. The van der Waals surface area contributed by atoms with Gasteiger partial charge in [0.15, 0.2) is 0 Å². The minimum Gasteiger partial charge on any atom is -0.496 e. The van der Waals surface area contributed by atoms with Gasteiger partial charge in [0.2, 0.25) is 0 Å². The number of aryl methyl sites for hydroxylation is 1. The summed E-state index contributed by atoms with van der Waals surface area (Å²) in [6, 6.07) is 3.96. The average Bonchev–Trinajstić information content (AvgIpc) is 2.30. The first-order valence-electron chi connectivity index (χ1n) is 5.97. The van der Waals surface area contributed by atoms with E-state index in [1.165, 1.54) is 0 Å². The van der Waals surface area contributed by atoms with Gasteiger partial charge in [-0.2, -0.15) is 0 Å². The summed E-state index contributed by atoms with van der Waals surface area (Å²) in [5.74, 6) is 0.293. The zero-order chi connectivity index (χ0) is 13.9. The first-order valence-corrected chi connectivity index (χ1v) is 5.97. The van der Waals surface area contributed by atoms with E-state index in [2.05, 4.69) is 13.8 Å². The van der Waals surface area contributed by atoms with Gasteiger partial charge in [0.05, 0.1) is 7.11 Å². The smallest absolute Gasteiger partial charge is 0.331 e. The summed E-state index contributed by atoms with van der Waals surface area (Å²) >= 11 is 0. The van der Waals surface area contributed by atoms with Gasteiger partial charge in [0.25, 0.3) is 0 Å². The van der Waals surface area contributed by atoms with Crippen LogP contribution < -0.4 is 4.74 Å². The molecule has 0 spiro atoms. The van der Waals surface area contributed by atoms with Gasteiger partial charge in [-0.05, 0) is 54.7 Å². The maximum absolute atomic E-state index is 10.9. The molecule has 0 aliphatic heterocycles. The molecule has 0 bridgehead atoms. The van der Waals surface area contributed by atoms with Gasteiger partial charge >= 0.3 is 5.97 Å². The molecular formula is C15H20O3. The highest BCUT2D eigenvalue weighted by Gasteiger charge is 2.11. The minimum absolute atomic E-state index is 0.331. The van der Waals surface area contributed by atoms with Gasteiger partial charge < -0.3 is 9.84 Å². The lowest BCUT2D eigenvalue weighted by Gasteiger charge is -2.14. The minimum atomic E-state index is -0.892. The highest BCUT2D eigenvalue weighted by atomic mass is 16.5. The molecule has 0 fully saturated rings. The van der Waals surface area contributed by atoms with Crippen LogP contribution in [0.25, 0.3) is 6.08 Å². The second-order valence-corrected chi connectivity index (χ2v) is 4.74. The highest BCUT2D eigenvalue weighted by Crippen LogP contribution is 2.30. The molecule has 0 heterocycles. The van der Waals surface area contributed by atoms with Crippen LogP contribution in [0.1, 0.15) is 43.4 Å². The Balaban J connectivity index is 3.34. The van der Waals surface area contributed by atoms with Crippen molar-refractivity contribution < 1.29 is 14.6 Å². The quantitative estimate of drug-likeness (QED) is 0.828. The number of hydrogen-bond acceptors (Lipinski definition) is 2. The zero-order valence-electron chi connectivity index (χ0n) is 11.6. The molecule has 98 valence electrons. The summed E-state index contributed by atoms with van der Waals surface area (Å²) in [5.41, 5.74) is 3.36. The van der Waals surface area contributed by atoms with Crippen molar-refractivity contribution in [1.82, 2.24) is 0 Å². The van der Waals surface area contributed by atoms with Crippen LogP contribution in [-0.4, -0.2) is 18.2 Å². The molecule has 3 nitrogen and oxygen atoms in total. The Morgan fingerprint density at radius 2 is 2.00 bits per heavy atom. The lowest BCUT2D eigenvalue weighted by molar-refractivity contribution is -0.132. The second-order valence-electron chi connectivity index (χ2n) is 4.74. The fourth-order valence-corrected chi connectivity index (χ4v) is 1.79. The Morgan fingerprint density at radius 3 is 2.44 bits per heavy atom. The molecule has 18 heavy (non-hydrogen) atoms. The van der Waals surface area contributed by atoms with E-state index >= 15 is 0 Å². The zero-order valence-corrected chi connectivity index (χ0v) is 11.6. The number of carbonyl (C=O) groups is 1. The number of aliphatic carboxylic acids is 1. The van der Waals surface area contributed by atoms with Gasteiger partial charge in [0, 0.05) is 5.57 Å². The molecule has 0 aliphatic rings. The predicted molar refractivity (Wildman–Crippen MR) is 73.1 cm³/mol. The van der Waals surface area contributed by atoms with Crippen LogP contribution in [0.4, 0.5) is 0 Å². The van der Waals surface area contributed by atoms with Crippen LogP contribution in [0.15, 0.2) is 17.7 Å². The predicted octanol–water partition coefficient (Wildman–Crippen LogP) is 3.61. The van der Waals surface area contributed by atoms with Crippen molar-refractivity contribution in [3.05, 3.63) is 34.4 Å². The lowest BCUT2D eigenvalue weighted by Crippen LogP contribution is -1.99. The van der Waals surface area contributed by atoms with E-state index in [9.17, 15) is 4.79 Å². The molecule has 0 aromatic heterocycles. The Bertz CT molecular complexity index is 485. The van der Waals surface area contributed by atoms with Gasteiger partial charge in [0.1, 0.15) is 5.75 Å². The molecular weight excluding hydrogens is 228 g/mol. The molecule has 0 atom stereocenters. The number of ether oxygens (including phenoxy) is 1. The van der Waals surface area contributed by atoms with Crippen LogP contribution >= 0.6 is 0 Å². The summed E-state index contributed by atoms with van der Waals surface area (Å²) in [6.45, 7) is 7.73. The van der Waals surface area contributed by atoms with Crippen molar-refractivity contribution in [2.75, 3.05) is 7.11 Å². The monoisotopic (exact) mass is 248 g/mol. The Hall–Kier alpha value is -1.77. The summed E-state index contributed by atoms with van der Waals surface area (Å²) in [6.07, 6.45) is 1.70. The number of hydrogen-bond donors (Lipinski definition) is 1. The summed E-state index contributed by atoms with van der Waals surface area (Å²) in [7, 11) is 1.65. The molecule has 1 aromatic carbocycles. The van der Waals surface area contributed by atoms with Crippen molar-refractivity contribution >= 4 is 12.0 Å². The maximum atomic E-state index is 10.9. The van der Waals surface area contributed by atoms with Crippen LogP contribution in [-0.2, 0) is 4.79 Å². The molecule has 0 unspecified atom stereocenters. The van der Waals surface area contributed by atoms with Gasteiger partial charge in [-0.1, -0.05) is 13.8 Å². The largest absolute Gasteiger partial charge is 0.496 e. The van der Waals surface area contributed by atoms with Crippen LogP contribution in [0.2, 0.25) is 0 Å². The highest BCUT2D eigenvalue weighted by molar-refractivity contribution is 5.91. The number of rotatable bonds is 4. The van der Waals surface area contributed by atoms with E-state index in [0.717, 1.165) is 22.4 Å². The fraction of sp³-hybridized carbons (Fsp3) is 0.400. The Morgan fingerprint density at radius 1 is 1.39 bits per heavy atom. The van der Waals surface area contributed by atoms with E-state index in [4.69, 9.17) is 9.84 Å². The average molecular weight is 248 g/mol. The summed E-state index contributed by atoms with van der Waals surface area (Å²) in [5, 5.41) is 8.92. The van der Waals surface area contributed by atoms with Crippen molar-refractivity contribution in [2.24, 2.45) is 0 Å². The van der Waals surface area contributed by atoms with Crippen molar-refractivity contribution in [2.45, 2.75) is 33.6 Å². The molecule has 0 amide bonds. The van der Waals surface area contributed by atoms with Crippen molar-refractivity contribution in [1.29, 1.82) is 0 Å². The van der Waals surface area contributed by atoms with E-state index in [0.29, 0.717) is 11.5 Å². The van der Waals surface area contributed by atoms with Crippen LogP contribution in [0.3, 0.4) is 0 Å². The topological polar surface area (TPSA) is 46.5 Å². The van der Waals surface area contributed by atoms with Gasteiger partial charge in [-0.15, -0.1) is 0 Å². The first-order chi connectivity index (χ1) is 8.36. The van der Waals surface area contributed by atoms with E-state index in [-0.39, 0.29) is 0 Å². The van der Waals surface area contributed by atoms with Crippen molar-refractivity contribution in [3.8, 4) is 5.75 Å². The summed E-state index contributed by atoms with van der Waals surface area (Å²) < 4.78 is 5.36. The number of benzene rings is 1. The normalized spacial score (nSPS) is 11.8. The molecule has 0 saturated heterocycles. The molecule has 1 rings (SSSR count). The maximum Gasteiger partial charge on any atom is 0.331 e. The summed E-state index contributed by atoms with van der Waals surface area (Å²) in [4.78, 5) is 10.9. The fourth-order valence-electron chi connectivity index (χ4n) is 1.79. The third-order valence-electron chi connectivity index (χ3n) is 2.95. The molecule has 1 aromatic rings. The molecule has 3 heteroatoms. The molecule has 0 radical (unpaired) electrons. The van der Waals surface area contributed by atoms with E-state index in [1.807, 2.05) is 19.1 Å². The third kappa shape index (κ3) is 3.13. The van der Waals surface area contributed by atoms with E-state index < -0.39 is 5.97 Å². The molecule has 1 N–H and O–H groups in total. The molecule has 0 saturated carbocycles. The first kappa shape index (κ1) is 14.3. The second kappa shape index (κ2) is 5.71. The molecule has 0 aliphatic carbocycles. The third-order valence-corrected chi connectivity index (χ3v) is 2.95.